The molecule has 5 nitrogen and oxygen atoms in total. The van der Waals surface area contributed by atoms with Crippen LogP contribution in [0.15, 0.2) is 18.2 Å². The fourth-order valence-electron chi connectivity index (χ4n) is 2.10. The highest BCUT2D eigenvalue weighted by Crippen LogP contribution is 2.33. The van der Waals surface area contributed by atoms with Crippen molar-refractivity contribution in [3.63, 3.8) is 0 Å². The maximum Gasteiger partial charge on any atom is 0.132 e. The van der Waals surface area contributed by atoms with Crippen LogP contribution < -0.4 is 10.1 Å². The summed E-state index contributed by atoms with van der Waals surface area (Å²) in [6, 6.07) is 7.43. The minimum absolute atomic E-state index is 0.572. The van der Waals surface area contributed by atoms with E-state index in [1.165, 1.54) is 0 Å². The van der Waals surface area contributed by atoms with Crippen LogP contribution in [-0.2, 0) is 0 Å². The number of nitrogens with zero attached hydrogens (tertiary/aromatic N) is 3. The quantitative estimate of drug-likeness (QED) is 0.926. The molecule has 2 rings (SSSR count). The fourth-order valence-corrected chi connectivity index (χ4v) is 2.10. The lowest BCUT2D eigenvalue weighted by Gasteiger charge is -2.13. The van der Waals surface area contributed by atoms with Gasteiger partial charge in [0.2, 0.25) is 0 Å². The van der Waals surface area contributed by atoms with Gasteiger partial charge in [-0.15, -0.1) is 0 Å². The van der Waals surface area contributed by atoms with E-state index in [1.54, 1.807) is 25.3 Å². The summed E-state index contributed by atoms with van der Waals surface area (Å²) < 4.78 is 5.38. The second-order valence-electron chi connectivity index (χ2n) is 4.37. The van der Waals surface area contributed by atoms with Crippen LogP contribution in [0.4, 0.5) is 5.82 Å². The zero-order chi connectivity index (χ0) is 14.7. The van der Waals surface area contributed by atoms with Crippen LogP contribution in [0.2, 0.25) is 0 Å². The van der Waals surface area contributed by atoms with Crippen molar-refractivity contribution in [1.29, 1.82) is 5.26 Å². The van der Waals surface area contributed by atoms with Crippen LogP contribution >= 0.6 is 0 Å². The Bertz CT molecular complexity index is 689. The van der Waals surface area contributed by atoms with E-state index in [0.29, 0.717) is 17.1 Å². The number of benzene rings is 1. The molecule has 1 aromatic heterocycles. The predicted octanol–water partition coefficient (Wildman–Crippen LogP) is 2.68. The van der Waals surface area contributed by atoms with E-state index in [-0.39, 0.29) is 0 Å². The molecule has 0 spiro atoms. The van der Waals surface area contributed by atoms with Gasteiger partial charge >= 0.3 is 0 Å². The minimum atomic E-state index is 0.572. The van der Waals surface area contributed by atoms with Gasteiger partial charge in [-0.3, -0.25) is 0 Å². The summed E-state index contributed by atoms with van der Waals surface area (Å²) in [5, 5.41) is 12.1. The number of nitriles is 1. The van der Waals surface area contributed by atoms with E-state index in [1.807, 2.05) is 20.9 Å². The normalized spacial score (nSPS) is 9.95. The largest absolute Gasteiger partial charge is 0.496 e. The molecule has 0 saturated heterocycles. The topological polar surface area (TPSA) is 70.8 Å². The van der Waals surface area contributed by atoms with Gasteiger partial charge in [0.25, 0.3) is 0 Å². The second kappa shape index (κ2) is 5.57. The minimum Gasteiger partial charge on any atom is -0.496 e. The third-order valence-electron chi connectivity index (χ3n) is 3.08. The lowest BCUT2D eigenvalue weighted by molar-refractivity contribution is 0.416. The van der Waals surface area contributed by atoms with Crippen LogP contribution in [0.5, 0.6) is 5.75 Å². The summed E-state index contributed by atoms with van der Waals surface area (Å²) in [6.07, 6.45) is 0. The number of rotatable bonds is 3. The van der Waals surface area contributed by atoms with E-state index in [4.69, 9.17) is 10.00 Å². The lowest BCUT2D eigenvalue weighted by atomic mass is 10.0. The van der Waals surface area contributed by atoms with E-state index in [2.05, 4.69) is 21.4 Å². The zero-order valence-electron chi connectivity index (χ0n) is 12.0. The van der Waals surface area contributed by atoms with Crippen molar-refractivity contribution in [3.05, 3.63) is 35.2 Å². The summed E-state index contributed by atoms with van der Waals surface area (Å²) in [7, 11) is 3.43. The van der Waals surface area contributed by atoms with Crippen LogP contribution in [0.3, 0.4) is 0 Å². The Morgan fingerprint density at radius 1 is 1.25 bits per heavy atom. The highest BCUT2D eigenvalue weighted by Gasteiger charge is 2.15. The molecule has 102 valence electrons. The van der Waals surface area contributed by atoms with Crippen LogP contribution in [0, 0.1) is 25.2 Å². The van der Waals surface area contributed by atoms with Gasteiger partial charge in [-0.2, -0.15) is 5.26 Å². The monoisotopic (exact) mass is 268 g/mol. The van der Waals surface area contributed by atoms with Gasteiger partial charge in [-0.25, -0.2) is 9.97 Å². The zero-order valence-corrected chi connectivity index (χ0v) is 12.0. The molecule has 1 aromatic carbocycles. The molecule has 0 aliphatic carbocycles. The summed E-state index contributed by atoms with van der Waals surface area (Å²) in [6.45, 7) is 3.78. The van der Waals surface area contributed by atoms with Crippen molar-refractivity contribution in [2.75, 3.05) is 19.5 Å². The van der Waals surface area contributed by atoms with Crippen LogP contribution in [0.1, 0.15) is 17.0 Å². The van der Waals surface area contributed by atoms with Crippen molar-refractivity contribution in [2.24, 2.45) is 0 Å². The first-order valence-electron chi connectivity index (χ1n) is 6.22. The van der Waals surface area contributed by atoms with Gasteiger partial charge < -0.3 is 10.1 Å². The Kier molecular flexibility index (Phi) is 3.85. The molecule has 20 heavy (non-hydrogen) atoms. The van der Waals surface area contributed by atoms with E-state index < -0.39 is 0 Å². The van der Waals surface area contributed by atoms with E-state index in [9.17, 15) is 0 Å². The third-order valence-corrected chi connectivity index (χ3v) is 3.08. The molecular formula is C15H16N4O. The van der Waals surface area contributed by atoms with Gasteiger partial charge in [0.15, 0.2) is 0 Å². The number of aromatic nitrogens is 2. The summed E-state index contributed by atoms with van der Waals surface area (Å²) in [5.41, 5.74) is 3.07. The highest BCUT2D eigenvalue weighted by molar-refractivity contribution is 5.74. The molecule has 0 saturated carbocycles. The number of hydrogen-bond acceptors (Lipinski definition) is 5. The van der Waals surface area contributed by atoms with E-state index in [0.717, 1.165) is 22.6 Å². The van der Waals surface area contributed by atoms with Gasteiger partial charge in [-0.05, 0) is 32.0 Å². The standard InChI is InChI=1S/C15H16N4O/c1-9-14(18-10(2)19-15(9)17-3)12-7-11(8-16)5-6-13(12)20-4/h5-7H,1-4H3,(H,17,18,19). The number of anilines is 1. The van der Waals surface area contributed by atoms with E-state index >= 15 is 0 Å². The van der Waals surface area contributed by atoms with Gasteiger partial charge in [0, 0.05) is 18.2 Å². The van der Waals surface area contributed by atoms with Crippen molar-refractivity contribution < 1.29 is 4.74 Å². The SMILES string of the molecule is CNc1nc(C)nc(-c2cc(C#N)ccc2OC)c1C. The average molecular weight is 268 g/mol. The Morgan fingerprint density at radius 3 is 2.60 bits per heavy atom. The molecule has 0 amide bonds. The Hall–Kier alpha value is -2.61. The Balaban J connectivity index is 2.73. The Labute approximate surface area is 118 Å². The number of nitrogens with one attached hydrogen (secondary N) is 1. The van der Waals surface area contributed by atoms with Crippen molar-refractivity contribution in [1.82, 2.24) is 9.97 Å². The number of ether oxygens (including phenoxy) is 1. The molecule has 0 fully saturated rings. The molecule has 2 aromatic rings. The van der Waals surface area contributed by atoms with Gasteiger partial charge in [0.1, 0.15) is 17.4 Å². The first-order chi connectivity index (χ1) is 9.60. The first-order valence-corrected chi connectivity index (χ1v) is 6.22. The predicted molar refractivity (Wildman–Crippen MR) is 77.8 cm³/mol. The molecule has 0 atom stereocenters. The molecule has 1 N–H and O–H groups in total. The van der Waals surface area contributed by atoms with Crippen LogP contribution in [-0.4, -0.2) is 24.1 Å². The molecular weight excluding hydrogens is 252 g/mol. The average Bonchev–Trinajstić information content (AvgIpc) is 2.48. The van der Waals surface area contributed by atoms with Crippen molar-refractivity contribution >= 4 is 5.82 Å². The molecule has 0 aliphatic rings. The summed E-state index contributed by atoms with van der Waals surface area (Å²) in [5.74, 6) is 2.13. The number of hydrogen-bond donors (Lipinski definition) is 1. The van der Waals surface area contributed by atoms with Crippen molar-refractivity contribution in [2.45, 2.75) is 13.8 Å². The van der Waals surface area contributed by atoms with Gasteiger partial charge in [-0.1, -0.05) is 0 Å². The summed E-state index contributed by atoms with van der Waals surface area (Å²) in [4.78, 5) is 8.84. The molecule has 1 heterocycles. The number of methoxy groups -OCH3 is 1. The lowest BCUT2D eigenvalue weighted by Crippen LogP contribution is -2.03. The van der Waals surface area contributed by atoms with Gasteiger partial charge in [0.05, 0.1) is 24.4 Å². The summed E-state index contributed by atoms with van der Waals surface area (Å²) >= 11 is 0. The van der Waals surface area contributed by atoms with Crippen LogP contribution in [0.25, 0.3) is 11.3 Å². The van der Waals surface area contributed by atoms with Crippen molar-refractivity contribution in [3.8, 4) is 23.1 Å². The first kappa shape index (κ1) is 13.8. The second-order valence-corrected chi connectivity index (χ2v) is 4.37. The molecule has 0 bridgehead atoms. The molecule has 5 heteroatoms. The maximum atomic E-state index is 9.06. The third kappa shape index (κ3) is 2.41. The smallest absolute Gasteiger partial charge is 0.132 e. The Morgan fingerprint density at radius 2 is 2.00 bits per heavy atom. The fraction of sp³-hybridized carbons (Fsp3) is 0.267. The maximum absolute atomic E-state index is 9.06. The number of aryl methyl sites for hydroxylation is 1. The molecule has 0 unspecified atom stereocenters. The molecule has 0 aliphatic heterocycles. The highest BCUT2D eigenvalue weighted by atomic mass is 16.5. The molecule has 0 radical (unpaired) electrons.